The van der Waals surface area contributed by atoms with Gasteiger partial charge in [0.05, 0.1) is 5.88 Å². The molecule has 0 aliphatic heterocycles. The van der Waals surface area contributed by atoms with Crippen molar-refractivity contribution < 1.29 is 4.79 Å². The van der Waals surface area contributed by atoms with Gasteiger partial charge in [0.25, 0.3) is 9.70 Å². The number of hydrogen-bond acceptors (Lipinski definition) is 2. The highest BCUT2D eigenvalue weighted by atomic mass is 35.6. The van der Waals surface area contributed by atoms with Gasteiger partial charge in [0.15, 0.2) is 0 Å². The Morgan fingerprint density at radius 2 is 2.10 bits per heavy atom. The number of alkyl halides is 3. The molecule has 60 valence electrons. The molecule has 0 unspecified atom stereocenters. The van der Waals surface area contributed by atoms with Crippen LogP contribution in [0, 0.1) is 0 Å². The van der Waals surface area contributed by atoms with E-state index >= 15 is 0 Å². The molecule has 10 heavy (non-hydrogen) atoms. The topological polar surface area (TPSA) is 29.1 Å². The molecule has 0 spiro atoms. The van der Waals surface area contributed by atoms with Crippen LogP contribution in [0.15, 0.2) is 0 Å². The van der Waals surface area contributed by atoms with E-state index in [-0.39, 0.29) is 0 Å². The molecule has 0 radical (unpaired) electrons. The van der Waals surface area contributed by atoms with E-state index in [9.17, 15) is 4.79 Å². The first-order valence-electron chi connectivity index (χ1n) is 2.32. The lowest BCUT2D eigenvalue weighted by Crippen LogP contribution is -2.34. The Labute approximate surface area is 78.6 Å². The molecule has 2 nitrogen and oxygen atoms in total. The van der Waals surface area contributed by atoms with Crippen LogP contribution in [0.5, 0.6) is 0 Å². The van der Waals surface area contributed by atoms with Gasteiger partial charge in [-0.15, -0.1) is 11.8 Å². The number of thioether (sulfide) groups is 1. The second-order valence-corrected chi connectivity index (χ2v) is 4.58. The Bertz CT molecular complexity index is 124. The summed E-state index contributed by atoms with van der Waals surface area (Å²) in [5.74, 6) is -0.140. The summed E-state index contributed by atoms with van der Waals surface area (Å²) in [5.41, 5.74) is 0. The highest BCUT2D eigenvalue weighted by Crippen LogP contribution is 2.25. The van der Waals surface area contributed by atoms with E-state index in [0.717, 1.165) is 0 Å². The molecular weight excluding hydrogens is 216 g/mol. The molecule has 0 aliphatic rings. The third-order valence-electron chi connectivity index (χ3n) is 0.635. The molecule has 6 heteroatoms. The van der Waals surface area contributed by atoms with Crippen LogP contribution in [0.2, 0.25) is 0 Å². The fourth-order valence-electron chi connectivity index (χ4n) is 0.238. The molecule has 0 saturated carbocycles. The lowest BCUT2D eigenvalue weighted by molar-refractivity contribution is -0.119. The highest BCUT2D eigenvalue weighted by Gasteiger charge is 2.29. The Balaban J connectivity index is 3.64. The first-order valence-corrected chi connectivity index (χ1v) is 4.85. The van der Waals surface area contributed by atoms with Crippen LogP contribution in [0.4, 0.5) is 0 Å². The van der Waals surface area contributed by atoms with Gasteiger partial charge in [0, 0.05) is 0 Å². The first-order chi connectivity index (χ1) is 4.48. The molecule has 0 aromatic carbocycles. The van der Waals surface area contributed by atoms with Crippen molar-refractivity contribution in [2.24, 2.45) is 0 Å². The first kappa shape index (κ1) is 10.7. The Hall–Kier alpha value is 0.690. The van der Waals surface area contributed by atoms with Crippen LogP contribution in [0.1, 0.15) is 0 Å². The fraction of sp³-hybridized carbons (Fsp3) is 0.750. The zero-order chi connectivity index (χ0) is 8.20. The summed E-state index contributed by atoms with van der Waals surface area (Å²) < 4.78 is -1.84. The van der Waals surface area contributed by atoms with Gasteiger partial charge in [0.2, 0.25) is 0 Å². The van der Waals surface area contributed by atoms with Gasteiger partial charge in [-0.25, -0.2) is 0 Å². The van der Waals surface area contributed by atoms with E-state index < -0.39 is 9.70 Å². The quantitative estimate of drug-likeness (QED) is 0.570. The summed E-state index contributed by atoms with van der Waals surface area (Å²) in [5, 5.41) is 2.40. The maximum absolute atomic E-state index is 10.7. The minimum Gasteiger partial charge on any atom is -0.343 e. The van der Waals surface area contributed by atoms with Crippen LogP contribution in [-0.2, 0) is 4.79 Å². The zero-order valence-corrected chi connectivity index (χ0v) is 8.24. The van der Waals surface area contributed by atoms with Crippen LogP contribution in [0.3, 0.4) is 0 Å². The molecule has 0 fully saturated rings. The molecule has 0 aliphatic carbocycles. The van der Waals surface area contributed by atoms with Crippen LogP contribution in [-0.4, -0.2) is 21.8 Å². The van der Waals surface area contributed by atoms with Crippen LogP contribution >= 0.6 is 46.6 Å². The summed E-state index contributed by atoms with van der Waals surface area (Å²) in [6.07, 6.45) is 1.83. The SMILES string of the molecule is CSCNC(=O)C(Cl)(Cl)Cl. The van der Waals surface area contributed by atoms with Crippen molar-refractivity contribution in [1.82, 2.24) is 5.32 Å². The van der Waals surface area contributed by atoms with Gasteiger partial charge in [-0.3, -0.25) is 4.79 Å². The zero-order valence-electron chi connectivity index (χ0n) is 5.16. The third kappa shape index (κ3) is 4.50. The summed E-state index contributed by atoms with van der Waals surface area (Å²) in [6.45, 7) is 0. The number of amides is 1. The summed E-state index contributed by atoms with van der Waals surface area (Å²) in [7, 11) is 0. The van der Waals surface area contributed by atoms with Crippen LogP contribution in [0.25, 0.3) is 0 Å². The molecule has 0 bridgehead atoms. The number of hydrogen-bond donors (Lipinski definition) is 1. The van der Waals surface area contributed by atoms with Crippen molar-refractivity contribution >= 4 is 52.5 Å². The molecule has 1 amide bonds. The lowest BCUT2D eigenvalue weighted by Gasteiger charge is -2.09. The summed E-state index contributed by atoms with van der Waals surface area (Å²) in [4.78, 5) is 10.7. The normalized spacial score (nSPS) is 11.2. The van der Waals surface area contributed by atoms with Crippen molar-refractivity contribution in [1.29, 1.82) is 0 Å². The Morgan fingerprint density at radius 3 is 2.40 bits per heavy atom. The van der Waals surface area contributed by atoms with E-state index in [1.807, 2.05) is 6.26 Å². The van der Waals surface area contributed by atoms with Gasteiger partial charge in [-0.1, -0.05) is 34.8 Å². The number of carbonyl (C=O) groups excluding carboxylic acids is 1. The second kappa shape index (κ2) is 4.54. The van der Waals surface area contributed by atoms with E-state index in [2.05, 4.69) is 5.32 Å². The van der Waals surface area contributed by atoms with E-state index in [0.29, 0.717) is 5.88 Å². The molecule has 0 aromatic rings. The average molecular weight is 223 g/mol. The van der Waals surface area contributed by atoms with Gasteiger partial charge in [-0.2, -0.15) is 0 Å². The minimum absolute atomic E-state index is 0.451. The summed E-state index contributed by atoms with van der Waals surface area (Å²) in [6, 6.07) is 0. The molecule has 0 saturated heterocycles. The molecule has 1 N–H and O–H groups in total. The Kier molecular flexibility index (Phi) is 4.86. The van der Waals surface area contributed by atoms with E-state index in [1.165, 1.54) is 11.8 Å². The monoisotopic (exact) mass is 221 g/mol. The third-order valence-corrected chi connectivity index (χ3v) is 1.58. The minimum atomic E-state index is -1.84. The molecule has 0 heterocycles. The lowest BCUT2D eigenvalue weighted by atomic mass is 10.7. The van der Waals surface area contributed by atoms with Crippen molar-refractivity contribution in [3.8, 4) is 0 Å². The smallest absolute Gasteiger partial charge is 0.272 e. The average Bonchev–Trinajstić information content (AvgIpc) is 1.80. The second-order valence-electron chi connectivity index (χ2n) is 1.44. The van der Waals surface area contributed by atoms with E-state index in [1.54, 1.807) is 0 Å². The number of halogens is 3. The summed E-state index contributed by atoms with van der Waals surface area (Å²) >= 11 is 17.1. The number of rotatable bonds is 2. The van der Waals surface area contributed by atoms with Crippen molar-refractivity contribution in [2.75, 3.05) is 12.1 Å². The van der Waals surface area contributed by atoms with Crippen molar-refractivity contribution in [2.45, 2.75) is 3.79 Å². The molecule has 0 atom stereocenters. The number of carbonyl (C=O) groups is 1. The largest absolute Gasteiger partial charge is 0.343 e. The standard InChI is InChI=1S/C4H6Cl3NOS/c1-10-2-8-3(9)4(5,6)7/h2H2,1H3,(H,8,9). The maximum atomic E-state index is 10.7. The fourth-order valence-corrected chi connectivity index (χ4v) is 0.714. The highest BCUT2D eigenvalue weighted by molar-refractivity contribution is 7.98. The van der Waals surface area contributed by atoms with Gasteiger partial charge >= 0.3 is 0 Å². The van der Waals surface area contributed by atoms with Crippen molar-refractivity contribution in [3.63, 3.8) is 0 Å². The molecule has 0 aromatic heterocycles. The molecule has 0 rings (SSSR count). The van der Waals surface area contributed by atoms with Crippen molar-refractivity contribution in [3.05, 3.63) is 0 Å². The predicted molar refractivity (Wildman–Crippen MR) is 46.8 cm³/mol. The van der Waals surface area contributed by atoms with E-state index in [4.69, 9.17) is 34.8 Å². The van der Waals surface area contributed by atoms with Gasteiger partial charge in [0.1, 0.15) is 0 Å². The Morgan fingerprint density at radius 1 is 1.60 bits per heavy atom. The maximum Gasteiger partial charge on any atom is 0.272 e. The number of nitrogens with one attached hydrogen (secondary N) is 1. The van der Waals surface area contributed by atoms with Crippen LogP contribution < -0.4 is 5.32 Å². The van der Waals surface area contributed by atoms with Gasteiger partial charge < -0.3 is 5.32 Å². The van der Waals surface area contributed by atoms with Gasteiger partial charge in [-0.05, 0) is 6.26 Å². The molecular formula is C4H6Cl3NOS. The predicted octanol–water partition coefficient (Wildman–Crippen LogP) is 1.79.